The van der Waals surface area contributed by atoms with Crippen LogP contribution in [-0.2, 0) is 9.53 Å². The van der Waals surface area contributed by atoms with Crippen LogP contribution in [0.25, 0.3) is 0 Å². The Morgan fingerprint density at radius 3 is 2.80 bits per heavy atom. The van der Waals surface area contributed by atoms with Crippen molar-refractivity contribution in [1.29, 1.82) is 0 Å². The summed E-state index contributed by atoms with van der Waals surface area (Å²) in [6.45, 7) is 8.00. The Morgan fingerprint density at radius 1 is 1.40 bits per heavy atom. The summed E-state index contributed by atoms with van der Waals surface area (Å²) in [6.07, 6.45) is 2.90. The Balaban J connectivity index is 1.88. The highest BCUT2D eigenvalue weighted by molar-refractivity contribution is 5.79. The van der Waals surface area contributed by atoms with Crippen LogP contribution in [0.4, 0.5) is 0 Å². The molecule has 0 aromatic carbocycles. The van der Waals surface area contributed by atoms with E-state index in [9.17, 15) is 4.79 Å². The van der Waals surface area contributed by atoms with Crippen molar-refractivity contribution in [2.45, 2.75) is 51.7 Å². The van der Waals surface area contributed by atoms with Crippen LogP contribution in [0.5, 0.6) is 0 Å². The summed E-state index contributed by atoms with van der Waals surface area (Å²) in [5.41, 5.74) is -0.0595. The Hall–Kier alpha value is -0.570. The number of amides is 1. The maximum atomic E-state index is 11.5. The van der Waals surface area contributed by atoms with Gasteiger partial charge in [0, 0.05) is 24.9 Å². The first kappa shape index (κ1) is 10.9. The second-order valence-corrected chi connectivity index (χ2v) is 5.67. The summed E-state index contributed by atoms with van der Waals surface area (Å²) in [5, 5.41) is 0. The first-order valence-electron chi connectivity index (χ1n) is 5.91. The van der Waals surface area contributed by atoms with E-state index in [0.717, 1.165) is 32.4 Å². The molecule has 15 heavy (non-hydrogen) atoms. The van der Waals surface area contributed by atoms with Crippen LogP contribution in [0.3, 0.4) is 0 Å². The molecule has 0 spiro atoms. The summed E-state index contributed by atoms with van der Waals surface area (Å²) < 4.78 is 5.82. The highest BCUT2D eigenvalue weighted by Gasteiger charge is 2.41. The van der Waals surface area contributed by atoms with Gasteiger partial charge in [-0.05, 0) is 33.6 Å². The van der Waals surface area contributed by atoms with E-state index in [1.165, 1.54) is 0 Å². The van der Waals surface area contributed by atoms with Crippen molar-refractivity contribution in [3.8, 4) is 0 Å². The third-order valence-corrected chi connectivity index (χ3v) is 3.39. The van der Waals surface area contributed by atoms with E-state index in [1.54, 1.807) is 0 Å². The molecule has 0 aromatic heterocycles. The van der Waals surface area contributed by atoms with Gasteiger partial charge in [0.25, 0.3) is 0 Å². The molecule has 0 aliphatic carbocycles. The Labute approximate surface area is 91.8 Å². The summed E-state index contributed by atoms with van der Waals surface area (Å²) >= 11 is 0. The zero-order chi connectivity index (χ0) is 11.1. The molecule has 2 unspecified atom stereocenters. The highest BCUT2D eigenvalue weighted by atomic mass is 16.5. The molecule has 0 aromatic rings. The predicted octanol–water partition coefficient (Wildman–Crippen LogP) is 1.81. The van der Waals surface area contributed by atoms with E-state index in [2.05, 4.69) is 25.7 Å². The standard InChI is InChI=1S/C12H21NO2/c1-12(2,3)15-8-9-6-7-13-10(9)4-5-11(13)14/h9-10H,4-8H2,1-3H3. The van der Waals surface area contributed by atoms with Crippen LogP contribution in [-0.4, -0.2) is 35.6 Å². The van der Waals surface area contributed by atoms with Crippen molar-refractivity contribution >= 4 is 5.91 Å². The quantitative estimate of drug-likeness (QED) is 0.697. The zero-order valence-corrected chi connectivity index (χ0v) is 9.95. The van der Waals surface area contributed by atoms with Gasteiger partial charge in [0.05, 0.1) is 12.2 Å². The molecule has 2 saturated heterocycles. The fourth-order valence-corrected chi connectivity index (χ4v) is 2.59. The van der Waals surface area contributed by atoms with Crippen molar-refractivity contribution in [2.24, 2.45) is 5.92 Å². The molecule has 3 heteroatoms. The van der Waals surface area contributed by atoms with Crippen molar-refractivity contribution in [3.63, 3.8) is 0 Å². The average Bonchev–Trinajstić information content (AvgIpc) is 2.65. The maximum absolute atomic E-state index is 11.5. The van der Waals surface area contributed by atoms with Gasteiger partial charge in [0.15, 0.2) is 0 Å². The number of hydrogen-bond acceptors (Lipinski definition) is 2. The van der Waals surface area contributed by atoms with Crippen LogP contribution in [0.2, 0.25) is 0 Å². The molecule has 2 heterocycles. The molecule has 0 bridgehead atoms. The SMILES string of the molecule is CC(C)(C)OCC1CCN2C(=O)CCC12. The second kappa shape index (κ2) is 3.78. The number of carbonyl (C=O) groups excluding carboxylic acids is 1. The first-order valence-corrected chi connectivity index (χ1v) is 5.91. The monoisotopic (exact) mass is 211 g/mol. The minimum absolute atomic E-state index is 0.0595. The number of fused-ring (bicyclic) bond motifs is 1. The van der Waals surface area contributed by atoms with Crippen LogP contribution in [0.15, 0.2) is 0 Å². The minimum atomic E-state index is -0.0595. The lowest BCUT2D eigenvalue weighted by Crippen LogP contribution is -2.32. The van der Waals surface area contributed by atoms with E-state index in [0.29, 0.717) is 17.9 Å². The van der Waals surface area contributed by atoms with Gasteiger partial charge in [0.1, 0.15) is 0 Å². The molecule has 2 aliphatic heterocycles. The summed E-state index contributed by atoms with van der Waals surface area (Å²) in [5.74, 6) is 0.911. The number of carbonyl (C=O) groups is 1. The molecule has 2 fully saturated rings. The first-order chi connectivity index (χ1) is 6.97. The lowest BCUT2D eigenvalue weighted by Gasteiger charge is -2.25. The van der Waals surface area contributed by atoms with Gasteiger partial charge in [0.2, 0.25) is 5.91 Å². The van der Waals surface area contributed by atoms with Crippen molar-refractivity contribution in [2.75, 3.05) is 13.2 Å². The van der Waals surface area contributed by atoms with E-state index in [4.69, 9.17) is 4.74 Å². The highest BCUT2D eigenvalue weighted by Crippen LogP contribution is 2.34. The van der Waals surface area contributed by atoms with Crippen molar-refractivity contribution in [3.05, 3.63) is 0 Å². The van der Waals surface area contributed by atoms with Gasteiger partial charge in [-0.25, -0.2) is 0 Å². The summed E-state index contributed by atoms with van der Waals surface area (Å²) in [4.78, 5) is 13.5. The molecular formula is C12H21NO2. The topological polar surface area (TPSA) is 29.5 Å². The third-order valence-electron chi connectivity index (χ3n) is 3.39. The van der Waals surface area contributed by atoms with E-state index in [-0.39, 0.29) is 5.60 Å². The Kier molecular flexibility index (Phi) is 2.75. The Bertz CT molecular complexity index is 257. The lowest BCUT2D eigenvalue weighted by atomic mass is 9.99. The van der Waals surface area contributed by atoms with Gasteiger partial charge < -0.3 is 9.64 Å². The lowest BCUT2D eigenvalue weighted by molar-refractivity contribution is -0.128. The molecule has 2 rings (SSSR count). The van der Waals surface area contributed by atoms with Crippen LogP contribution >= 0.6 is 0 Å². The van der Waals surface area contributed by atoms with Crippen molar-refractivity contribution in [1.82, 2.24) is 4.90 Å². The van der Waals surface area contributed by atoms with Gasteiger partial charge in [-0.1, -0.05) is 0 Å². The van der Waals surface area contributed by atoms with E-state index < -0.39 is 0 Å². The maximum Gasteiger partial charge on any atom is 0.222 e. The largest absolute Gasteiger partial charge is 0.375 e. The second-order valence-electron chi connectivity index (χ2n) is 5.67. The summed E-state index contributed by atoms with van der Waals surface area (Å²) in [7, 11) is 0. The minimum Gasteiger partial charge on any atom is -0.375 e. The molecule has 2 aliphatic rings. The van der Waals surface area contributed by atoms with Crippen LogP contribution in [0, 0.1) is 5.92 Å². The molecule has 0 radical (unpaired) electrons. The molecule has 86 valence electrons. The molecular weight excluding hydrogens is 190 g/mol. The number of rotatable bonds is 2. The van der Waals surface area contributed by atoms with E-state index in [1.807, 2.05) is 0 Å². The molecule has 2 atom stereocenters. The molecule has 0 N–H and O–H groups in total. The fraction of sp³-hybridized carbons (Fsp3) is 0.917. The van der Waals surface area contributed by atoms with E-state index >= 15 is 0 Å². The van der Waals surface area contributed by atoms with Crippen molar-refractivity contribution < 1.29 is 9.53 Å². The van der Waals surface area contributed by atoms with Gasteiger partial charge >= 0.3 is 0 Å². The zero-order valence-electron chi connectivity index (χ0n) is 9.95. The molecule has 3 nitrogen and oxygen atoms in total. The number of ether oxygens (including phenoxy) is 1. The van der Waals surface area contributed by atoms with Crippen LogP contribution < -0.4 is 0 Å². The smallest absolute Gasteiger partial charge is 0.222 e. The molecule has 1 amide bonds. The van der Waals surface area contributed by atoms with Gasteiger partial charge in [-0.3, -0.25) is 4.79 Å². The summed E-state index contributed by atoms with van der Waals surface area (Å²) in [6, 6.07) is 0.472. The fourth-order valence-electron chi connectivity index (χ4n) is 2.59. The number of nitrogens with zero attached hydrogens (tertiary/aromatic N) is 1. The third kappa shape index (κ3) is 2.33. The number of hydrogen-bond donors (Lipinski definition) is 0. The Morgan fingerprint density at radius 2 is 2.13 bits per heavy atom. The predicted molar refractivity (Wildman–Crippen MR) is 58.5 cm³/mol. The molecule has 0 saturated carbocycles. The van der Waals surface area contributed by atoms with Crippen LogP contribution in [0.1, 0.15) is 40.0 Å². The van der Waals surface area contributed by atoms with Gasteiger partial charge in [-0.15, -0.1) is 0 Å². The van der Waals surface area contributed by atoms with Gasteiger partial charge in [-0.2, -0.15) is 0 Å². The average molecular weight is 211 g/mol. The normalized spacial score (nSPS) is 31.1.